The molecule has 2 heterocycles. The third-order valence-corrected chi connectivity index (χ3v) is 5.09. The second kappa shape index (κ2) is 6.46. The minimum atomic E-state index is -0.853. The number of aromatic nitrogens is 3. The average molecular weight is 344 g/mol. The molecule has 134 valence electrons. The number of pyridine rings is 1. The lowest BCUT2D eigenvalue weighted by Gasteiger charge is -2.39. The van der Waals surface area contributed by atoms with E-state index in [1.807, 2.05) is 20.8 Å². The van der Waals surface area contributed by atoms with Gasteiger partial charge in [0.15, 0.2) is 5.65 Å². The number of hydrogen-bond donors (Lipinski definition) is 2. The van der Waals surface area contributed by atoms with E-state index in [2.05, 4.69) is 15.4 Å². The number of hydrogen-bond acceptors (Lipinski definition) is 4. The number of rotatable bonds is 4. The lowest BCUT2D eigenvalue weighted by Crippen LogP contribution is -2.55. The van der Waals surface area contributed by atoms with Crippen LogP contribution >= 0.6 is 0 Å². The van der Waals surface area contributed by atoms with Gasteiger partial charge in [0.2, 0.25) is 0 Å². The van der Waals surface area contributed by atoms with Crippen LogP contribution in [0.3, 0.4) is 0 Å². The standard InChI is InChI=1S/C18H24N4O3/c1-11(2)22-15-12(10-20-22)8-13(9-19-15)16(23)21-18(3)7-5-4-6-14(18)17(24)25/h8-11,14H,4-7H2,1-3H3,(H,21,23)(H,24,25). The zero-order valence-corrected chi connectivity index (χ0v) is 14.8. The second-order valence-electron chi connectivity index (χ2n) is 7.33. The van der Waals surface area contributed by atoms with E-state index >= 15 is 0 Å². The first-order chi connectivity index (χ1) is 11.8. The fourth-order valence-electron chi connectivity index (χ4n) is 3.65. The molecule has 0 radical (unpaired) electrons. The summed E-state index contributed by atoms with van der Waals surface area (Å²) in [7, 11) is 0. The van der Waals surface area contributed by atoms with Gasteiger partial charge < -0.3 is 10.4 Å². The highest BCUT2D eigenvalue weighted by Gasteiger charge is 2.42. The van der Waals surface area contributed by atoms with Crippen LogP contribution in [0.5, 0.6) is 0 Å². The van der Waals surface area contributed by atoms with Crippen molar-refractivity contribution in [2.45, 2.75) is 58.0 Å². The first-order valence-electron chi connectivity index (χ1n) is 8.70. The number of nitrogens with one attached hydrogen (secondary N) is 1. The predicted molar refractivity (Wildman–Crippen MR) is 93.4 cm³/mol. The molecule has 0 aromatic carbocycles. The van der Waals surface area contributed by atoms with Gasteiger partial charge in [-0.25, -0.2) is 9.67 Å². The molecule has 2 aromatic heterocycles. The maximum absolute atomic E-state index is 12.7. The van der Waals surface area contributed by atoms with Crippen LogP contribution in [-0.2, 0) is 4.79 Å². The quantitative estimate of drug-likeness (QED) is 0.889. The van der Waals surface area contributed by atoms with Crippen LogP contribution < -0.4 is 5.32 Å². The molecule has 1 saturated carbocycles. The molecule has 7 heteroatoms. The highest BCUT2D eigenvalue weighted by molar-refractivity contribution is 5.97. The summed E-state index contributed by atoms with van der Waals surface area (Å²) in [4.78, 5) is 28.6. The summed E-state index contributed by atoms with van der Waals surface area (Å²) >= 11 is 0. The van der Waals surface area contributed by atoms with Crippen molar-refractivity contribution < 1.29 is 14.7 Å². The smallest absolute Gasteiger partial charge is 0.308 e. The summed E-state index contributed by atoms with van der Waals surface area (Å²) in [6.45, 7) is 5.86. The number of carbonyl (C=O) groups excluding carboxylic acids is 1. The van der Waals surface area contributed by atoms with Crippen molar-refractivity contribution in [3.63, 3.8) is 0 Å². The first-order valence-corrected chi connectivity index (χ1v) is 8.70. The fourth-order valence-corrected chi connectivity index (χ4v) is 3.65. The van der Waals surface area contributed by atoms with E-state index in [4.69, 9.17) is 0 Å². The minimum Gasteiger partial charge on any atom is -0.481 e. The molecule has 1 amide bonds. The van der Waals surface area contributed by atoms with Crippen LogP contribution in [0.1, 0.15) is 62.9 Å². The molecule has 25 heavy (non-hydrogen) atoms. The number of carbonyl (C=O) groups is 2. The Morgan fingerprint density at radius 1 is 1.36 bits per heavy atom. The van der Waals surface area contributed by atoms with E-state index < -0.39 is 17.4 Å². The Labute approximate surface area is 146 Å². The third kappa shape index (κ3) is 3.23. The molecule has 2 unspecified atom stereocenters. The van der Waals surface area contributed by atoms with Crippen molar-refractivity contribution in [3.05, 3.63) is 24.0 Å². The first kappa shape index (κ1) is 17.4. The van der Waals surface area contributed by atoms with E-state index in [9.17, 15) is 14.7 Å². The van der Waals surface area contributed by atoms with Gasteiger partial charge in [-0.3, -0.25) is 9.59 Å². The Balaban J connectivity index is 1.85. The normalized spacial score (nSPS) is 23.8. The summed E-state index contributed by atoms with van der Waals surface area (Å²) in [5.41, 5.74) is 0.420. The Morgan fingerprint density at radius 3 is 2.80 bits per heavy atom. The molecule has 2 atom stereocenters. The minimum absolute atomic E-state index is 0.183. The SMILES string of the molecule is CC(C)n1ncc2cc(C(=O)NC3(C)CCCCC3C(=O)O)cnc21. The summed E-state index contributed by atoms with van der Waals surface area (Å²) in [5.74, 6) is -1.71. The lowest BCUT2D eigenvalue weighted by molar-refractivity contribution is -0.145. The van der Waals surface area contributed by atoms with Crippen molar-refractivity contribution >= 4 is 22.9 Å². The molecular formula is C18H24N4O3. The van der Waals surface area contributed by atoms with Crippen LogP contribution in [-0.4, -0.2) is 37.3 Å². The Kier molecular flexibility index (Phi) is 4.49. The van der Waals surface area contributed by atoms with Gasteiger partial charge in [0.1, 0.15) is 0 Å². The Hall–Kier alpha value is -2.44. The molecular weight excluding hydrogens is 320 g/mol. The van der Waals surface area contributed by atoms with Gasteiger partial charge in [0, 0.05) is 17.6 Å². The topological polar surface area (TPSA) is 97.1 Å². The van der Waals surface area contributed by atoms with Crippen LogP contribution in [0, 0.1) is 5.92 Å². The molecule has 1 aliphatic carbocycles. The molecule has 7 nitrogen and oxygen atoms in total. The van der Waals surface area contributed by atoms with Crippen molar-refractivity contribution in [2.24, 2.45) is 5.92 Å². The average Bonchev–Trinajstić information content (AvgIpc) is 2.97. The van der Waals surface area contributed by atoms with Gasteiger partial charge in [-0.15, -0.1) is 0 Å². The zero-order chi connectivity index (χ0) is 18.2. The maximum atomic E-state index is 12.7. The highest BCUT2D eigenvalue weighted by atomic mass is 16.4. The number of nitrogens with zero attached hydrogens (tertiary/aromatic N) is 3. The fraction of sp³-hybridized carbons (Fsp3) is 0.556. The van der Waals surface area contributed by atoms with E-state index in [-0.39, 0.29) is 11.9 Å². The van der Waals surface area contributed by atoms with Gasteiger partial charge in [0.25, 0.3) is 5.91 Å². The summed E-state index contributed by atoms with van der Waals surface area (Å²) in [6, 6.07) is 1.94. The number of aliphatic carboxylic acids is 1. The molecule has 1 aliphatic rings. The number of carboxylic acids is 1. The predicted octanol–water partition coefficient (Wildman–Crippen LogP) is 2.78. The van der Waals surface area contributed by atoms with E-state index in [1.54, 1.807) is 16.9 Å². The Bertz CT molecular complexity index is 814. The van der Waals surface area contributed by atoms with Crippen LogP contribution in [0.4, 0.5) is 0 Å². The monoisotopic (exact) mass is 344 g/mol. The van der Waals surface area contributed by atoms with Crippen molar-refractivity contribution in [1.29, 1.82) is 0 Å². The molecule has 3 rings (SSSR count). The number of amides is 1. The highest BCUT2D eigenvalue weighted by Crippen LogP contribution is 2.34. The van der Waals surface area contributed by atoms with Crippen LogP contribution in [0.2, 0.25) is 0 Å². The van der Waals surface area contributed by atoms with Gasteiger partial charge in [-0.05, 0) is 39.7 Å². The molecule has 0 spiro atoms. The molecule has 2 N–H and O–H groups in total. The molecule has 0 aliphatic heterocycles. The van der Waals surface area contributed by atoms with E-state index in [0.717, 1.165) is 23.9 Å². The van der Waals surface area contributed by atoms with Crippen molar-refractivity contribution in [3.8, 4) is 0 Å². The largest absolute Gasteiger partial charge is 0.481 e. The zero-order valence-electron chi connectivity index (χ0n) is 14.8. The number of carboxylic acid groups (broad SMARTS) is 1. The van der Waals surface area contributed by atoms with E-state index in [1.165, 1.54) is 6.20 Å². The maximum Gasteiger partial charge on any atom is 0.308 e. The third-order valence-electron chi connectivity index (χ3n) is 5.09. The van der Waals surface area contributed by atoms with Gasteiger partial charge >= 0.3 is 5.97 Å². The molecule has 0 saturated heterocycles. The lowest BCUT2D eigenvalue weighted by atomic mass is 9.74. The number of fused-ring (bicyclic) bond motifs is 1. The summed E-state index contributed by atoms with van der Waals surface area (Å²) in [6.07, 6.45) is 6.27. The molecule has 0 bridgehead atoms. The van der Waals surface area contributed by atoms with Gasteiger partial charge in [0.05, 0.1) is 23.2 Å². The van der Waals surface area contributed by atoms with E-state index in [0.29, 0.717) is 18.4 Å². The summed E-state index contributed by atoms with van der Waals surface area (Å²) in [5, 5.41) is 17.5. The summed E-state index contributed by atoms with van der Waals surface area (Å²) < 4.78 is 1.81. The molecule has 2 aromatic rings. The van der Waals surface area contributed by atoms with Crippen LogP contribution in [0.15, 0.2) is 18.5 Å². The van der Waals surface area contributed by atoms with Crippen LogP contribution in [0.25, 0.3) is 11.0 Å². The Morgan fingerprint density at radius 2 is 2.12 bits per heavy atom. The molecule has 1 fully saturated rings. The van der Waals surface area contributed by atoms with Crippen molar-refractivity contribution in [1.82, 2.24) is 20.1 Å². The van der Waals surface area contributed by atoms with Gasteiger partial charge in [-0.1, -0.05) is 12.8 Å². The van der Waals surface area contributed by atoms with Gasteiger partial charge in [-0.2, -0.15) is 5.10 Å². The van der Waals surface area contributed by atoms with Crippen molar-refractivity contribution in [2.75, 3.05) is 0 Å². The second-order valence-corrected chi connectivity index (χ2v) is 7.33.